The minimum absolute atomic E-state index is 0.237. The summed E-state index contributed by atoms with van der Waals surface area (Å²) in [6, 6.07) is 8.39. The van der Waals surface area contributed by atoms with E-state index in [0.717, 1.165) is 19.2 Å². The van der Waals surface area contributed by atoms with Crippen molar-refractivity contribution in [2.24, 2.45) is 0 Å². The van der Waals surface area contributed by atoms with Gasteiger partial charge in [-0.2, -0.15) is 0 Å². The number of nitrogens with one attached hydrogen (secondary N) is 3. The Bertz CT molecular complexity index is 1270. The Morgan fingerprint density at radius 1 is 1.07 bits per heavy atom. The lowest BCUT2D eigenvalue weighted by Gasteiger charge is -2.35. The van der Waals surface area contributed by atoms with Crippen LogP contribution in [0.1, 0.15) is 0 Å². The average Bonchev–Trinajstić information content (AvgIpc) is 3.06. The van der Waals surface area contributed by atoms with Gasteiger partial charge in [-0.25, -0.2) is 13.2 Å². The molecule has 0 amide bonds. The maximum atomic E-state index is 13.0. The second-order valence-electron chi connectivity index (χ2n) is 7.11. The van der Waals surface area contributed by atoms with E-state index in [9.17, 15) is 23.3 Å². The summed E-state index contributed by atoms with van der Waals surface area (Å²) in [5, 5.41) is 11.3. The van der Waals surface area contributed by atoms with Crippen LogP contribution in [-0.2, 0) is 10.0 Å². The molecular weight excluding hydrogens is 412 g/mol. The molecule has 3 N–H and O–H groups in total. The number of anilines is 2. The first kappa shape index (κ1) is 19.9. The monoisotopic (exact) mass is 432 g/mol. The fourth-order valence-corrected chi connectivity index (χ4v) is 4.74. The minimum Gasteiger partial charge on any atom is -0.367 e. The van der Waals surface area contributed by atoms with Gasteiger partial charge in [0.15, 0.2) is 4.90 Å². The van der Waals surface area contributed by atoms with E-state index in [-0.39, 0.29) is 5.69 Å². The molecule has 0 spiro atoms. The Hall–Kier alpha value is -3.38. The number of fused-ring (bicyclic) bond motifs is 1. The summed E-state index contributed by atoms with van der Waals surface area (Å²) in [7, 11) is -2.25. The van der Waals surface area contributed by atoms with E-state index in [1.807, 2.05) is 11.9 Å². The molecule has 0 aliphatic carbocycles. The van der Waals surface area contributed by atoms with E-state index in [1.165, 1.54) is 24.3 Å². The van der Waals surface area contributed by atoms with Crippen molar-refractivity contribution in [1.29, 1.82) is 0 Å². The molecule has 3 aromatic rings. The summed E-state index contributed by atoms with van der Waals surface area (Å²) in [6.45, 7) is 2.91. The molecule has 30 heavy (non-hydrogen) atoms. The molecular formula is C18H20N6O5S. The number of nitro benzene ring substituents is 1. The molecule has 1 saturated heterocycles. The summed E-state index contributed by atoms with van der Waals surface area (Å²) in [5.41, 5.74) is 0.879. The molecule has 1 aliphatic rings. The normalized spacial score (nSPS) is 15.4. The van der Waals surface area contributed by atoms with Crippen molar-refractivity contribution in [2.75, 3.05) is 42.8 Å². The Labute approximate surface area is 171 Å². The number of H-pyrrole nitrogens is 2. The number of para-hydroxylation sites is 1. The second kappa shape index (κ2) is 7.46. The first-order valence-electron chi connectivity index (χ1n) is 9.20. The molecule has 4 rings (SSSR count). The molecule has 2 aromatic carbocycles. The molecule has 2 heterocycles. The number of aromatic nitrogens is 2. The Balaban J connectivity index is 1.80. The highest BCUT2D eigenvalue weighted by Gasteiger charge is 2.27. The van der Waals surface area contributed by atoms with Gasteiger partial charge in [-0.3, -0.25) is 14.8 Å². The van der Waals surface area contributed by atoms with Gasteiger partial charge in [-0.1, -0.05) is 12.1 Å². The van der Waals surface area contributed by atoms with Crippen LogP contribution in [0.25, 0.3) is 11.0 Å². The molecule has 1 aliphatic heterocycles. The van der Waals surface area contributed by atoms with Crippen molar-refractivity contribution >= 4 is 38.1 Å². The fourth-order valence-electron chi connectivity index (χ4n) is 3.50. The lowest BCUT2D eigenvalue weighted by atomic mass is 10.2. The smallest absolute Gasteiger partial charge is 0.323 e. The first-order valence-corrected chi connectivity index (χ1v) is 10.7. The SMILES string of the molecule is CN1CCN(c2cc3[nH]c(=O)[nH]c3cc2NS(=O)(=O)c2ccccc2[N+](=O)[O-])CC1. The zero-order chi connectivity index (χ0) is 21.5. The van der Waals surface area contributed by atoms with Crippen LogP contribution >= 0.6 is 0 Å². The third-order valence-electron chi connectivity index (χ3n) is 5.07. The van der Waals surface area contributed by atoms with Gasteiger partial charge in [-0.15, -0.1) is 0 Å². The zero-order valence-electron chi connectivity index (χ0n) is 16.1. The van der Waals surface area contributed by atoms with Crippen molar-refractivity contribution in [1.82, 2.24) is 14.9 Å². The number of nitro groups is 1. The maximum Gasteiger partial charge on any atom is 0.323 e. The summed E-state index contributed by atoms with van der Waals surface area (Å²) in [6.07, 6.45) is 0. The quantitative estimate of drug-likeness (QED) is 0.407. The third-order valence-corrected chi connectivity index (χ3v) is 6.48. The number of piperazine rings is 1. The summed E-state index contributed by atoms with van der Waals surface area (Å²) in [5.74, 6) is 0. The Kier molecular flexibility index (Phi) is 4.95. The van der Waals surface area contributed by atoms with Gasteiger partial charge >= 0.3 is 5.69 Å². The van der Waals surface area contributed by atoms with E-state index >= 15 is 0 Å². The highest BCUT2D eigenvalue weighted by molar-refractivity contribution is 7.92. The number of nitrogens with zero attached hydrogens (tertiary/aromatic N) is 3. The van der Waals surface area contributed by atoms with Gasteiger partial charge in [0.2, 0.25) is 0 Å². The predicted octanol–water partition coefficient (Wildman–Crippen LogP) is 1.32. The third kappa shape index (κ3) is 3.74. The van der Waals surface area contributed by atoms with Crippen LogP contribution in [0.2, 0.25) is 0 Å². The van der Waals surface area contributed by atoms with Gasteiger partial charge in [0.05, 0.1) is 27.3 Å². The van der Waals surface area contributed by atoms with Gasteiger partial charge in [0.25, 0.3) is 15.7 Å². The van der Waals surface area contributed by atoms with Crippen molar-refractivity contribution in [2.45, 2.75) is 4.90 Å². The van der Waals surface area contributed by atoms with Gasteiger partial charge in [0, 0.05) is 32.2 Å². The van der Waals surface area contributed by atoms with Crippen molar-refractivity contribution in [3.05, 3.63) is 57.0 Å². The number of benzene rings is 2. The number of aromatic amines is 2. The lowest BCUT2D eigenvalue weighted by molar-refractivity contribution is -0.387. The highest BCUT2D eigenvalue weighted by atomic mass is 32.2. The lowest BCUT2D eigenvalue weighted by Crippen LogP contribution is -2.44. The molecule has 11 nitrogen and oxygen atoms in total. The number of imidazole rings is 1. The topological polar surface area (TPSA) is 144 Å². The van der Waals surface area contributed by atoms with Crippen LogP contribution < -0.4 is 15.3 Å². The summed E-state index contributed by atoms with van der Waals surface area (Å²) < 4.78 is 28.6. The molecule has 1 fully saturated rings. The largest absolute Gasteiger partial charge is 0.367 e. The number of sulfonamides is 1. The van der Waals surface area contributed by atoms with Gasteiger partial charge in [-0.05, 0) is 25.2 Å². The van der Waals surface area contributed by atoms with Crippen molar-refractivity contribution in [3.8, 4) is 0 Å². The molecule has 0 unspecified atom stereocenters. The highest BCUT2D eigenvalue weighted by Crippen LogP contribution is 2.33. The van der Waals surface area contributed by atoms with Crippen LogP contribution in [-0.4, -0.2) is 61.4 Å². The Morgan fingerprint density at radius 3 is 2.37 bits per heavy atom. The molecule has 12 heteroatoms. The van der Waals surface area contributed by atoms with E-state index in [1.54, 1.807) is 6.07 Å². The summed E-state index contributed by atoms with van der Waals surface area (Å²) >= 11 is 0. The number of hydrogen-bond donors (Lipinski definition) is 3. The standard InChI is InChI=1S/C18H20N6O5S/c1-22-6-8-23(9-7-22)16-11-13-12(19-18(25)20-13)10-14(16)21-30(28,29)17-5-3-2-4-15(17)24(26)27/h2-5,10-11,21H,6-9H2,1H3,(H2,19,20,25). The zero-order valence-corrected chi connectivity index (χ0v) is 16.9. The van der Waals surface area contributed by atoms with Crippen LogP contribution in [0.3, 0.4) is 0 Å². The van der Waals surface area contributed by atoms with E-state index in [4.69, 9.17) is 0 Å². The van der Waals surface area contributed by atoms with Gasteiger partial charge in [0.1, 0.15) is 0 Å². The summed E-state index contributed by atoms with van der Waals surface area (Å²) in [4.78, 5) is 31.3. The number of rotatable bonds is 5. The molecule has 158 valence electrons. The van der Waals surface area contributed by atoms with Crippen LogP contribution in [0, 0.1) is 10.1 Å². The van der Waals surface area contributed by atoms with E-state index in [0.29, 0.717) is 29.8 Å². The Morgan fingerprint density at radius 2 is 1.70 bits per heavy atom. The molecule has 0 radical (unpaired) electrons. The molecule has 0 atom stereocenters. The predicted molar refractivity (Wildman–Crippen MR) is 113 cm³/mol. The van der Waals surface area contributed by atoms with E-state index < -0.39 is 31.2 Å². The van der Waals surface area contributed by atoms with Crippen LogP contribution in [0.5, 0.6) is 0 Å². The van der Waals surface area contributed by atoms with Crippen molar-refractivity contribution in [3.63, 3.8) is 0 Å². The van der Waals surface area contributed by atoms with Crippen LogP contribution in [0.4, 0.5) is 17.1 Å². The average molecular weight is 432 g/mol. The van der Waals surface area contributed by atoms with Crippen molar-refractivity contribution < 1.29 is 13.3 Å². The number of hydrogen-bond acceptors (Lipinski definition) is 7. The maximum absolute atomic E-state index is 13.0. The van der Waals surface area contributed by atoms with Gasteiger partial charge < -0.3 is 19.8 Å². The minimum atomic E-state index is -4.25. The first-order chi connectivity index (χ1) is 14.2. The number of likely N-dealkylation sites (N-methyl/N-ethyl adjacent to an activating group) is 1. The van der Waals surface area contributed by atoms with E-state index in [2.05, 4.69) is 19.6 Å². The molecule has 1 aromatic heterocycles. The fraction of sp³-hybridized carbons (Fsp3) is 0.278. The van der Waals surface area contributed by atoms with Crippen LogP contribution in [0.15, 0.2) is 46.1 Å². The molecule has 0 bridgehead atoms. The second-order valence-corrected chi connectivity index (χ2v) is 8.77. The molecule has 0 saturated carbocycles.